The average Bonchev–Trinajstić information content (AvgIpc) is 3.45. The van der Waals surface area contributed by atoms with E-state index in [1.54, 1.807) is 31.4 Å². The summed E-state index contributed by atoms with van der Waals surface area (Å²) in [7, 11) is 2.87. The molecule has 0 saturated carbocycles. The fraction of sp³-hybridized carbons (Fsp3) is 0.160. The van der Waals surface area contributed by atoms with Crippen molar-refractivity contribution in [2.24, 2.45) is 0 Å². The Morgan fingerprint density at radius 3 is 2.80 bits per heavy atom. The molecule has 0 saturated heterocycles. The van der Waals surface area contributed by atoms with Gasteiger partial charge in [-0.15, -0.1) is 11.3 Å². The lowest BCUT2D eigenvalue weighted by molar-refractivity contribution is -0.140. The van der Waals surface area contributed by atoms with E-state index in [9.17, 15) is 14.7 Å². The molecule has 5 aromatic rings. The smallest absolute Gasteiger partial charge is 0.306 e. The Hall–Kier alpha value is -4.31. The van der Waals surface area contributed by atoms with Crippen LogP contribution in [0.2, 0.25) is 0 Å². The van der Waals surface area contributed by atoms with Crippen molar-refractivity contribution >= 4 is 33.2 Å². The number of carbonyl (C=O) groups excluding carboxylic acids is 1. The van der Waals surface area contributed by atoms with E-state index < -0.39 is 17.3 Å². The van der Waals surface area contributed by atoms with Gasteiger partial charge in [-0.2, -0.15) is 4.98 Å². The van der Waals surface area contributed by atoms with Gasteiger partial charge < -0.3 is 23.7 Å². The van der Waals surface area contributed by atoms with Crippen LogP contribution in [0.25, 0.3) is 27.1 Å². The minimum Gasteiger partial charge on any atom is -0.507 e. The van der Waals surface area contributed by atoms with Gasteiger partial charge >= 0.3 is 5.97 Å². The van der Waals surface area contributed by atoms with Crippen LogP contribution in [0.1, 0.15) is 23.6 Å². The lowest BCUT2D eigenvalue weighted by Gasteiger charge is -2.25. The Bertz CT molecular complexity index is 1680. The summed E-state index contributed by atoms with van der Waals surface area (Å²) in [4.78, 5) is 31.2. The zero-order valence-electron chi connectivity index (χ0n) is 18.6. The van der Waals surface area contributed by atoms with Gasteiger partial charge in [-0.3, -0.25) is 14.0 Å². The van der Waals surface area contributed by atoms with Crippen LogP contribution < -0.4 is 14.9 Å². The highest BCUT2D eigenvalue weighted by Gasteiger charge is 2.37. The van der Waals surface area contributed by atoms with E-state index in [4.69, 9.17) is 18.6 Å². The highest BCUT2D eigenvalue weighted by Crippen LogP contribution is 2.50. The third kappa shape index (κ3) is 3.17. The quantitative estimate of drug-likeness (QED) is 0.361. The molecule has 176 valence electrons. The van der Waals surface area contributed by atoms with E-state index in [0.29, 0.717) is 33.4 Å². The topological polar surface area (TPSA) is 112 Å². The molecule has 9 nitrogen and oxygen atoms in total. The van der Waals surface area contributed by atoms with E-state index in [1.165, 1.54) is 30.8 Å². The third-order valence-corrected chi connectivity index (χ3v) is 6.93. The number of fused-ring (bicyclic) bond motifs is 6. The number of thiazole rings is 1. The maximum atomic E-state index is 13.5. The lowest BCUT2D eigenvalue weighted by atomic mass is 9.88. The van der Waals surface area contributed by atoms with E-state index in [1.807, 2.05) is 16.0 Å². The Balaban J connectivity index is 1.60. The summed E-state index contributed by atoms with van der Waals surface area (Å²) < 4.78 is 24.0. The summed E-state index contributed by atoms with van der Waals surface area (Å²) in [5, 5.41) is 12.7. The van der Waals surface area contributed by atoms with Crippen LogP contribution in [-0.2, 0) is 9.53 Å². The lowest BCUT2D eigenvalue weighted by Crippen LogP contribution is -2.18. The second-order valence-electron chi connectivity index (χ2n) is 8.01. The summed E-state index contributed by atoms with van der Waals surface area (Å²) in [6, 6.07) is 8.31. The molecular weight excluding hydrogens is 472 g/mol. The van der Waals surface area contributed by atoms with Crippen molar-refractivity contribution in [1.29, 1.82) is 0 Å². The van der Waals surface area contributed by atoms with Gasteiger partial charge in [0.1, 0.15) is 34.5 Å². The fourth-order valence-electron chi connectivity index (χ4n) is 4.53. The van der Waals surface area contributed by atoms with E-state index in [2.05, 4.69) is 4.98 Å². The molecule has 0 fully saturated rings. The van der Waals surface area contributed by atoms with Crippen LogP contribution in [-0.4, -0.2) is 34.7 Å². The number of carbonyl (C=O) groups is 1. The summed E-state index contributed by atoms with van der Waals surface area (Å²) in [5.74, 6) is -0.0721. The van der Waals surface area contributed by atoms with Crippen molar-refractivity contribution in [1.82, 2.24) is 9.38 Å². The Morgan fingerprint density at radius 1 is 1.26 bits per heavy atom. The van der Waals surface area contributed by atoms with Gasteiger partial charge in [-0.05, 0) is 17.7 Å². The van der Waals surface area contributed by atoms with Crippen LogP contribution >= 0.6 is 11.3 Å². The maximum Gasteiger partial charge on any atom is 0.306 e. The Kier molecular flexibility index (Phi) is 4.78. The van der Waals surface area contributed by atoms with Crippen LogP contribution in [0.4, 0.5) is 0 Å². The molecule has 4 heterocycles. The molecule has 1 aliphatic rings. The number of hydrogen-bond acceptors (Lipinski definition) is 9. The third-order valence-electron chi connectivity index (χ3n) is 6.18. The van der Waals surface area contributed by atoms with Crippen molar-refractivity contribution in [3.05, 3.63) is 69.7 Å². The highest BCUT2D eigenvalue weighted by atomic mass is 32.1. The number of rotatable bonds is 4. The van der Waals surface area contributed by atoms with Crippen LogP contribution in [0.3, 0.4) is 0 Å². The molecule has 1 atom stereocenters. The first kappa shape index (κ1) is 21.2. The molecule has 6 rings (SSSR count). The van der Waals surface area contributed by atoms with Crippen molar-refractivity contribution in [2.45, 2.75) is 12.3 Å². The molecule has 35 heavy (non-hydrogen) atoms. The number of benzene rings is 2. The predicted molar refractivity (Wildman–Crippen MR) is 128 cm³/mol. The second kappa shape index (κ2) is 7.88. The molecule has 0 unspecified atom stereocenters. The number of phenols is 1. The molecule has 0 amide bonds. The van der Waals surface area contributed by atoms with Crippen molar-refractivity contribution in [3.8, 4) is 34.3 Å². The number of hydrogen-bond donors (Lipinski definition) is 1. The van der Waals surface area contributed by atoms with Gasteiger partial charge in [0.25, 0.3) is 0 Å². The minimum atomic E-state index is -0.580. The van der Waals surface area contributed by atoms with Gasteiger partial charge in [0.2, 0.25) is 11.3 Å². The molecule has 3 aromatic heterocycles. The standard InChI is InChI=1S/C25H18N2O7S/c1-31-13-5-3-12(4-6-13)15-11-33-23-19-14(9-18(29)32-2)21-24(26-25-27(21)7-8-35-25)34-17(19)10-16(28)20(23)22(15)30/h3-8,10-11,14,28H,9H2,1-2H3/t14-/m1/s1. The van der Waals surface area contributed by atoms with Crippen molar-refractivity contribution in [3.63, 3.8) is 0 Å². The van der Waals surface area contributed by atoms with Crippen molar-refractivity contribution in [2.75, 3.05) is 14.2 Å². The van der Waals surface area contributed by atoms with E-state index in [-0.39, 0.29) is 34.5 Å². The number of nitrogens with zero attached hydrogens (tertiary/aromatic N) is 2. The zero-order chi connectivity index (χ0) is 24.3. The summed E-state index contributed by atoms with van der Waals surface area (Å²) in [6.07, 6.45) is 3.16. The fourth-order valence-corrected chi connectivity index (χ4v) is 5.25. The molecule has 0 aliphatic carbocycles. The molecule has 1 N–H and O–H groups in total. The number of phenolic OH excluding ortho intramolecular Hbond substituents is 1. The first-order valence-corrected chi connectivity index (χ1v) is 11.5. The molecule has 0 bridgehead atoms. The Labute approximate surface area is 201 Å². The summed E-state index contributed by atoms with van der Waals surface area (Å²) in [5.41, 5.74) is 1.75. The molecule has 0 spiro atoms. The molecular formula is C25H18N2O7S. The van der Waals surface area contributed by atoms with Gasteiger partial charge in [-0.1, -0.05) is 12.1 Å². The summed E-state index contributed by atoms with van der Waals surface area (Å²) >= 11 is 1.42. The molecule has 2 aromatic carbocycles. The van der Waals surface area contributed by atoms with Crippen LogP contribution in [0.5, 0.6) is 23.1 Å². The number of ether oxygens (including phenoxy) is 3. The highest BCUT2D eigenvalue weighted by molar-refractivity contribution is 7.15. The van der Waals surface area contributed by atoms with E-state index in [0.717, 1.165) is 0 Å². The van der Waals surface area contributed by atoms with Gasteiger partial charge in [0, 0.05) is 29.1 Å². The molecule has 1 aliphatic heterocycles. The molecule has 10 heteroatoms. The number of methoxy groups -OCH3 is 2. The maximum absolute atomic E-state index is 13.5. The van der Waals surface area contributed by atoms with Crippen LogP contribution in [0.15, 0.2) is 57.4 Å². The van der Waals surface area contributed by atoms with Gasteiger partial charge in [0.15, 0.2) is 4.96 Å². The van der Waals surface area contributed by atoms with Crippen LogP contribution in [0, 0.1) is 0 Å². The average molecular weight is 490 g/mol. The largest absolute Gasteiger partial charge is 0.507 e. The number of imidazole rings is 1. The minimum absolute atomic E-state index is 0.00469. The SMILES string of the molecule is COC(=O)C[C@@H]1c2c(cc(O)c3c(=O)c(-c4ccc(OC)cc4)coc23)Oc2nc3sccn3c21. The number of esters is 1. The van der Waals surface area contributed by atoms with Gasteiger partial charge in [0.05, 0.1) is 31.9 Å². The Morgan fingerprint density at radius 2 is 2.06 bits per heavy atom. The van der Waals surface area contributed by atoms with Crippen molar-refractivity contribution < 1.29 is 28.5 Å². The van der Waals surface area contributed by atoms with Gasteiger partial charge in [-0.25, -0.2) is 0 Å². The van der Waals surface area contributed by atoms with E-state index >= 15 is 0 Å². The normalized spacial score (nSPS) is 14.4. The molecule has 0 radical (unpaired) electrons. The first-order valence-electron chi connectivity index (χ1n) is 10.7. The number of aromatic nitrogens is 2. The summed E-state index contributed by atoms with van der Waals surface area (Å²) in [6.45, 7) is 0. The zero-order valence-corrected chi connectivity index (χ0v) is 19.4. The predicted octanol–water partition coefficient (Wildman–Crippen LogP) is 4.68. The first-order chi connectivity index (χ1) is 17.0. The monoisotopic (exact) mass is 490 g/mol. The second-order valence-corrected chi connectivity index (χ2v) is 8.88. The number of aromatic hydroxyl groups is 1.